The summed E-state index contributed by atoms with van der Waals surface area (Å²) in [6.07, 6.45) is 1.96. The first-order valence-corrected chi connectivity index (χ1v) is 6.50. The van der Waals surface area contributed by atoms with E-state index in [-0.39, 0.29) is 16.4 Å². The molecule has 1 N–H and O–H groups in total. The predicted molar refractivity (Wildman–Crippen MR) is 64.0 cm³/mol. The van der Waals surface area contributed by atoms with E-state index in [0.717, 1.165) is 18.5 Å². The van der Waals surface area contributed by atoms with Crippen LogP contribution in [0.1, 0.15) is 5.69 Å². The molecule has 0 atom stereocenters. The maximum Gasteiger partial charge on any atom is 0.264 e. The van der Waals surface area contributed by atoms with Gasteiger partial charge in [-0.1, -0.05) is 0 Å². The first kappa shape index (κ1) is 12.9. The minimum Gasteiger partial charge on any atom is -0.263 e. The van der Waals surface area contributed by atoms with Crippen molar-refractivity contribution in [1.29, 1.82) is 5.26 Å². The van der Waals surface area contributed by atoms with Gasteiger partial charge in [0.2, 0.25) is 0 Å². The van der Waals surface area contributed by atoms with Crippen molar-refractivity contribution in [2.24, 2.45) is 0 Å². The minimum absolute atomic E-state index is 0.00856. The highest BCUT2D eigenvalue weighted by Crippen LogP contribution is 2.13. The third kappa shape index (κ3) is 3.02. The molecule has 0 fully saturated rings. The Morgan fingerprint density at radius 2 is 1.95 bits per heavy atom. The summed E-state index contributed by atoms with van der Waals surface area (Å²) in [5, 5.41) is 8.57. The van der Waals surface area contributed by atoms with Crippen molar-refractivity contribution >= 4 is 15.8 Å². The van der Waals surface area contributed by atoms with Crippen molar-refractivity contribution in [3.05, 3.63) is 48.2 Å². The van der Waals surface area contributed by atoms with Crippen LogP contribution in [-0.2, 0) is 10.0 Å². The Morgan fingerprint density at radius 1 is 1.16 bits per heavy atom. The van der Waals surface area contributed by atoms with E-state index in [0.29, 0.717) is 0 Å². The number of halogens is 1. The summed E-state index contributed by atoms with van der Waals surface area (Å²) < 4.78 is 38.7. The van der Waals surface area contributed by atoms with Crippen molar-refractivity contribution in [2.75, 3.05) is 4.72 Å². The fourth-order valence-corrected chi connectivity index (χ4v) is 2.19. The molecule has 0 spiro atoms. The average Bonchev–Trinajstić information content (AvgIpc) is 2.41. The van der Waals surface area contributed by atoms with E-state index in [1.54, 1.807) is 6.07 Å². The Morgan fingerprint density at radius 3 is 2.47 bits per heavy atom. The zero-order valence-corrected chi connectivity index (χ0v) is 10.2. The fraction of sp³-hybridized carbons (Fsp3) is 0. The van der Waals surface area contributed by atoms with Gasteiger partial charge in [-0.05, 0) is 24.3 Å². The van der Waals surface area contributed by atoms with Crippen molar-refractivity contribution in [1.82, 2.24) is 9.97 Å². The van der Waals surface area contributed by atoms with Crippen molar-refractivity contribution in [2.45, 2.75) is 4.90 Å². The second kappa shape index (κ2) is 4.99. The summed E-state index contributed by atoms with van der Waals surface area (Å²) in [4.78, 5) is 7.13. The Balaban J connectivity index is 2.27. The number of anilines is 1. The summed E-state index contributed by atoms with van der Waals surface area (Å²) >= 11 is 0. The molecular formula is C11H7FN4O2S. The molecule has 0 radical (unpaired) electrons. The summed E-state index contributed by atoms with van der Waals surface area (Å²) in [5.41, 5.74) is 0.110. The monoisotopic (exact) mass is 278 g/mol. The van der Waals surface area contributed by atoms with E-state index >= 15 is 0 Å². The van der Waals surface area contributed by atoms with Crippen LogP contribution in [0.3, 0.4) is 0 Å². The molecular weight excluding hydrogens is 271 g/mol. The SMILES string of the molecule is N#Cc1ccc(S(=O)(=O)Nc2ccc(F)cn2)cn1. The van der Waals surface area contributed by atoms with Gasteiger partial charge in [0.25, 0.3) is 10.0 Å². The van der Waals surface area contributed by atoms with E-state index < -0.39 is 15.8 Å². The first-order chi connectivity index (χ1) is 9.01. The lowest BCUT2D eigenvalue weighted by molar-refractivity contribution is 0.600. The lowest BCUT2D eigenvalue weighted by atomic mass is 10.4. The van der Waals surface area contributed by atoms with Crippen LogP contribution in [0.5, 0.6) is 0 Å². The highest BCUT2D eigenvalue weighted by atomic mass is 32.2. The molecule has 0 amide bonds. The normalized spacial score (nSPS) is 10.7. The molecule has 2 aromatic heterocycles. The predicted octanol–water partition coefficient (Wildman–Crippen LogP) is 1.29. The molecule has 96 valence electrons. The van der Waals surface area contributed by atoms with Gasteiger partial charge < -0.3 is 0 Å². The molecule has 19 heavy (non-hydrogen) atoms. The molecule has 0 unspecified atom stereocenters. The lowest BCUT2D eigenvalue weighted by Gasteiger charge is -2.06. The summed E-state index contributed by atoms with van der Waals surface area (Å²) in [6.45, 7) is 0. The van der Waals surface area contributed by atoms with Gasteiger partial charge in [-0.25, -0.2) is 22.8 Å². The number of aromatic nitrogens is 2. The molecule has 2 heterocycles. The number of nitrogens with zero attached hydrogens (tertiary/aromatic N) is 3. The molecule has 0 aliphatic heterocycles. The Hall–Kier alpha value is -2.53. The first-order valence-electron chi connectivity index (χ1n) is 5.02. The molecule has 0 bridgehead atoms. The molecule has 2 aromatic rings. The Kier molecular flexibility index (Phi) is 3.39. The Bertz CT molecular complexity index is 721. The van der Waals surface area contributed by atoms with Crippen LogP contribution in [0.25, 0.3) is 0 Å². The highest BCUT2D eigenvalue weighted by Gasteiger charge is 2.15. The van der Waals surface area contributed by atoms with Gasteiger partial charge in [-0.3, -0.25) is 4.72 Å². The van der Waals surface area contributed by atoms with Gasteiger partial charge in [0.05, 0.1) is 6.20 Å². The largest absolute Gasteiger partial charge is 0.264 e. The van der Waals surface area contributed by atoms with Crippen molar-refractivity contribution in [3.63, 3.8) is 0 Å². The summed E-state index contributed by atoms with van der Waals surface area (Å²) in [5.74, 6) is -0.575. The highest BCUT2D eigenvalue weighted by molar-refractivity contribution is 7.92. The van der Waals surface area contributed by atoms with Gasteiger partial charge >= 0.3 is 0 Å². The standard InChI is InChI=1S/C11H7FN4O2S/c12-8-1-4-11(15-6-8)16-19(17,18)10-3-2-9(5-13)14-7-10/h1-4,6-7H,(H,15,16). The van der Waals surface area contributed by atoms with Gasteiger partial charge in [0, 0.05) is 6.20 Å². The number of nitrogens with one attached hydrogen (secondary N) is 1. The molecule has 0 saturated carbocycles. The number of nitriles is 1. The number of pyridine rings is 2. The third-order valence-corrected chi connectivity index (χ3v) is 3.47. The maximum absolute atomic E-state index is 12.6. The average molecular weight is 278 g/mol. The molecule has 0 aliphatic rings. The second-order valence-electron chi connectivity index (χ2n) is 3.46. The third-order valence-electron chi connectivity index (χ3n) is 2.13. The molecule has 6 nitrogen and oxygen atoms in total. The summed E-state index contributed by atoms with van der Waals surface area (Å²) in [7, 11) is -3.86. The number of hydrogen-bond acceptors (Lipinski definition) is 5. The van der Waals surface area contributed by atoms with Crippen molar-refractivity contribution in [3.8, 4) is 6.07 Å². The van der Waals surface area contributed by atoms with Gasteiger partial charge in [-0.2, -0.15) is 5.26 Å². The summed E-state index contributed by atoms with van der Waals surface area (Å²) in [6, 6.07) is 6.60. The van der Waals surface area contributed by atoms with E-state index in [4.69, 9.17) is 5.26 Å². The Labute approximate surface area is 108 Å². The van der Waals surface area contributed by atoms with Crippen LogP contribution in [0, 0.1) is 17.1 Å². The quantitative estimate of drug-likeness (QED) is 0.912. The zero-order valence-electron chi connectivity index (χ0n) is 9.41. The lowest BCUT2D eigenvalue weighted by Crippen LogP contribution is -2.14. The number of rotatable bonds is 3. The van der Waals surface area contributed by atoms with Crippen molar-refractivity contribution < 1.29 is 12.8 Å². The van der Waals surface area contributed by atoms with E-state index in [1.807, 2.05) is 0 Å². The topological polar surface area (TPSA) is 95.7 Å². The number of sulfonamides is 1. The molecule has 2 rings (SSSR count). The van der Waals surface area contributed by atoms with E-state index in [9.17, 15) is 12.8 Å². The molecule has 0 aliphatic carbocycles. The van der Waals surface area contributed by atoms with Gasteiger partial charge in [0.1, 0.15) is 28.3 Å². The molecule has 0 saturated heterocycles. The smallest absolute Gasteiger partial charge is 0.263 e. The van der Waals surface area contributed by atoms with Crippen LogP contribution in [0.2, 0.25) is 0 Å². The zero-order chi connectivity index (χ0) is 13.9. The van der Waals surface area contributed by atoms with Gasteiger partial charge in [0.15, 0.2) is 0 Å². The minimum atomic E-state index is -3.86. The van der Waals surface area contributed by atoms with Crippen LogP contribution in [0.15, 0.2) is 41.6 Å². The molecule has 0 aromatic carbocycles. The van der Waals surface area contributed by atoms with Crippen LogP contribution >= 0.6 is 0 Å². The number of hydrogen-bond donors (Lipinski definition) is 1. The van der Waals surface area contributed by atoms with Crippen LogP contribution in [0.4, 0.5) is 10.2 Å². The molecule has 8 heteroatoms. The van der Waals surface area contributed by atoms with E-state index in [2.05, 4.69) is 14.7 Å². The second-order valence-corrected chi connectivity index (χ2v) is 5.14. The van der Waals surface area contributed by atoms with Gasteiger partial charge in [-0.15, -0.1) is 0 Å². The van der Waals surface area contributed by atoms with E-state index in [1.165, 1.54) is 18.2 Å². The van der Waals surface area contributed by atoms with Crippen LogP contribution in [-0.4, -0.2) is 18.4 Å². The fourth-order valence-electron chi connectivity index (χ4n) is 1.24. The maximum atomic E-state index is 12.6. The van der Waals surface area contributed by atoms with Crippen LogP contribution < -0.4 is 4.72 Å².